The molecule has 0 unspecified atom stereocenters. The Morgan fingerprint density at radius 3 is 2.67 bits per heavy atom. The molecule has 0 saturated carbocycles. The van der Waals surface area contributed by atoms with Crippen LogP contribution in [0.1, 0.15) is 25.8 Å². The first kappa shape index (κ1) is 15.2. The Morgan fingerprint density at radius 2 is 2.11 bits per heavy atom. The van der Waals surface area contributed by atoms with Gasteiger partial charge in [0.1, 0.15) is 0 Å². The Hall–Kier alpha value is -0.870. The lowest BCUT2D eigenvalue weighted by atomic mass is 9.87. The molecule has 0 aliphatic heterocycles. The van der Waals surface area contributed by atoms with Gasteiger partial charge in [0.2, 0.25) is 5.91 Å². The molecule has 18 heavy (non-hydrogen) atoms. The minimum atomic E-state index is -0.393. The van der Waals surface area contributed by atoms with Crippen LogP contribution in [0.3, 0.4) is 0 Å². The summed E-state index contributed by atoms with van der Waals surface area (Å²) in [6, 6.07) is 8.00. The summed E-state index contributed by atoms with van der Waals surface area (Å²) in [6.45, 7) is 5.04. The van der Waals surface area contributed by atoms with Gasteiger partial charge < -0.3 is 10.6 Å². The highest BCUT2D eigenvalue weighted by Gasteiger charge is 2.29. The predicted molar refractivity (Wildman–Crippen MR) is 78.1 cm³/mol. The number of halogens is 1. The van der Waals surface area contributed by atoms with Crippen LogP contribution in [0.5, 0.6) is 0 Å². The van der Waals surface area contributed by atoms with Crippen molar-refractivity contribution in [1.29, 1.82) is 0 Å². The van der Waals surface area contributed by atoms with Crippen LogP contribution in [0, 0.1) is 5.41 Å². The summed E-state index contributed by atoms with van der Waals surface area (Å²) in [6.07, 6.45) is 0.703. The number of amides is 1. The normalized spacial score (nSPS) is 11.4. The quantitative estimate of drug-likeness (QED) is 0.908. The highest BCUT2D eigenvalue weighted by Crippen LogP contribution is 2.23. The number of hydrogen-bond donors (Lipinski definition) is 1. The second kappa shape index (κ2) is 6.34. The van der Waals surface area contributed by atoms with Crippen LogP contribution in [0.2, 0.25) is 0 Å². The summed E-state index contributed by atoms with van der Waals surface area (Å²) in [4.78, 5) is 14.1. The molecule has 1 aromatic carbocycles. The zero-order valence-electron chi connectivity index (χ0n) is 11.2. The molecule has 0 aliphatic carbocycles. The summed E-state index contributed by atoms with van der Waals surface area (Å²) in [7, 11) is 1.83. The number of rotatable bonds is 5. The number of nitrogens with two attached hydrogens (primary N) is 1. The van der Waals surface area contributed by atoms with Crippen molar-refractivity contribution in [2.24, 2.45) is 11.1 Å². The van der Waals surface area contributed by atoms with E-state index < -0.39 is 5.41 Å². The highest BCUT2D eigenvalue weighted by atomic mass is 79.9. The van der Waals surface area contributed by atoms with Crippen molar-refractivity contribution >= 4 is 21.8 Å². The number of benzene rings is 1. The molecule has 0 heterocycles. The van der Waals surface area contributed by atoms with E-state index in [2.05, 4.69) is 15.9 Å². The van der Waals surface area contributed by atoms with E-state index in [4.69, 9.17) is 5.73 Å². The van der Waals surface area contributed by atoms with E-state index in [1.807, 2.05) is 45.2 Å². The SMILES string of the molecule is CN(Cc1cccc(Br)c1)C(=O)C(C)(C)CCN. The molecule has 0 saturated heterocycles. The molecule has 3 nitrogen and oxygen atoms in total. The van der Waals surface area contributed by atoms with Gasteiger partial charge in [0.05, 0.1) is 0 Å². The molecule has 1 aromatic rings. The van der Waals surface area contributed by atoms with E-state index in [1.165, 1.54) is 0 Å². The van der Waals surface area contributed by atoms with Crippen LogP contribution in [0.25, 0.3) is 0 Å². The lowest BCUT2D eigenvalue weighted by Crippen LogP contribution is -2.39. The van der Waals surface area contributed by atoms with Crippen LogP contribution in [-0.4, -0.2) is 24.4 Å². The van der Waals surface area contributed by atoms with E-state index >= 15 is 0 Å². The molecular formula is C14H21BrN2O. The van der Waals surface area contributed by atoms with Crippen molar-refractivity contribution in [3.8, 4) is 0 Å². The number of nitrogens with zero attached hydrogens (tertiary/aromatic N) is 1. The van der Waals surface area contributed by atoms with Gasteiger partial charge in [-0.15, -0.1) is 0 Å². The van der Waals surface area contributed by atoms with E-state index in [1.54, 1.807) is 4.90 Å². The first-order valence-electron chi connectivity index (χ1n) is 6.07. The Bertz CT molecular complexity index is 418. The summed E-state index contributed by atoms with van der Waals surface area (Å²) >= 11 is 3.43. The fourth-order valence-corrected chi connectivity index (χ4v) is 2.41. The van der Waals surface area contributed by atoms with Gasteiger partial charge in [0.25, 0.3) is 0 Å². The summed E-state index contributed by atoms with van der Waals surface area (Å²) in [5.41, 5.74) is 6.27. The van der Waals surface area contributed by atoms with Crippen molar-refractivity contribution < 1.29 is 4.79 Å². The van der Waals surface area contributed by atoms with Gasteiger partial charge in [0, 0.05) is 23.5 Å². The van der Waals surface area contributed by atoms with Crippen molar-refractivity contribution in [2.45, 2.75) is 26.8 Å². The van der Waals surface area contributed by atoms with E-state index in [-0.39, 0.29) is 5.91 Å². The molecule has 0 spiro atoms. The molecule has 1 amide bonds. The molecule has 0 aliphatic rings. The smallest absolute Gasteiger partial charge is 0.228 e. The van der Waals surface area contributed by atoms with E-state index in [9.17, 15) is 4.79 Å². The zero-order valence-corrected chi connectivity index (χ0v) is 12.8. The van der Waals surface area contributed by atoms with Crippen LogP contribution in [-0.2, 0) is 11.3 Å². The predicted octanol–water partition coefficient (Wildman–Crippen LogP) is 2.78. The van der Waals surface area contributed by atoms with Gasteiger partial charge in [-0.1, -0.05) is 41.9 Å². The fraction of sp³-hybridized carbons (Fsp3) is 0.500. The third kappa shape index (κ3) is 4.10. The van der Waals surface area contributed by atoms with Gasteiger partial charge in [-0.25, -0.2) is 0 Å². The fourth-order valence-electron chi connectivity index (χ4n) is 1.97. The second-order valence-corrected chi connectivity index (χ2v) is 6.13. The first-order valence-corrected chi connectivity index (χ1v) is 6.86. The lowest BCUT2D eigenvalue weighted by molar-refractivity contribution is -0.139. The van der Waals surface area contributed by atoms with E-state index in [0.717, 1.165) is 10.0 Å². The Morgan fingerprint density at radius 1 is 1.44 bits per heavy atom. The molecular weight excluding hydrogens is 292 g/mol. The average molecular weight is 313 g/mol. The number of hydrogen-bond acceptors (Lipinski definition) is 2. The zero-order chi connectivity index (χ0) is 13.8. The lowest BCUT2D eigenvalue weighted by Gasteiger charge is -2.29. The molecule has 0 bridgehead atoms. The monoisotopic (exact) mass is 312 g/mol. The number of carbonyl (C=O) groups is 1. The summed E-state index contributed by atoms with van der Waals surface area (Å²) < 4.78 is 1.03. The summed E-state index contributed by atoms with van der Waals surface area (Å²) in [5.74, 6) is 0.132. The van der Waals surface area contributed by atoms with Crippen molar-refractivity contribution in [1.82, 2.24) is 4.90 Å². The maximum atomic E-state index is 12.3. The topological polar surface area (TPSA) is 46.3 Å². The first-order chi connectivity index (χ1) is 8.36. The van der Waals surface area contributed by atoms with Crippen molar-refractivity contribution in [3.63, 3.8) is 0 Å². The Labute approximate surface area is 117 Å². The molecule has 4 heteroatoms. The molecule has 0 aromatic heterocycles. The molecule has 2 N–H and O–H groups in total. The minimum absolute atomic E-state index is 0.132. The van der Waals surface area contributed by atoms with Gasteiger partial charge in [0.15, 0.2) is 0 Å². The van der Waals surface area contributed by atoms with Crippen LogP contribution >= 0.6 is 15.9 Å². The van der Waals surface area contributed by atoms with Gasteiger partial charge in [-0.3, -0.25) is 4.79 Å². The standard InChI is InChI=1S/C14H21BrN2O/c1-14(2,7-8-16)13(18)17(3)10-11-5-4-6-12(15)9-11/h4-6,9H,7-8,10,16H2,1-3H3. The third-order valence-corrected chi connectivity index (χ3v) is 3.50. The van der Waals surface area contributed by atoms with Crippen LogP contribution in [0.15, 0.2) is 28.7 Å². The maximum absolute atomic E-state index is 12.3. The summed E-state index contributed by atoms with van der Waals surface area (Å²) in [5, 5.41) is 0. The van der Waals surface area contributed by atoms with Crippen molar-refractivity contribution in [3.05, 3.63) is 34.3 Å². The minimum Gasteiger partial charge on any atom is -0.341 e. The second-order valence-electron chi connectivity index (χ2n) is 5.21. The molecule has 100 valence electrons. The molecule has 0 atom stereocenters. The van der Waals surface area contributed by atoms with Gasteiger partial charge in [-0.2, -0.15) is 0 Å². The van der Waals surface area contributed by atoms with Crippen LogP contribution in [0.4, 0.5) is 0 Å². The highest BCUT2D eigenvalue weighted by molar-refractivity contribution is 9.10. The third-order valence-electron chi connectivity index (χ3n) is 3.00. The molecule has 1 rings (SSSR count). The van der Waals surface area contributed by atoms with Crippen LogP contribution < -0.4 is 5.73 Å². The van der Waals surface area contributed by atoms with Gasteiger partial charge in [-0.05, 0) is 30.7 Å². The van der Waals surface area contributed by atoms with Gasteiger partial charge >= 0.3 is 0 Å². The molecule has 0 radical (unpaired) electrons. The maximum Gasteiger partial charge on any atom is 0.228 e. The number of carbonyl (C=O) groups excluding carboxylic acids is 1. The Balaban J connectivity index is 2.71. The molecule has 0 fully saturated rings. The van der Waals surface area contributed by atoms with Crippen molar-refractivity contribution in [2.75, 3.05) is 13.6 Å². The van der Waals surface area contributed by atoms with E-state index in [0.29, 0.717) is 19.5 Å². The Kier molecular flexibility index (Phi) is 5.35. The largest absolute Gasteiger partial charge is 0.341 e. The average Bonchev–Trinajstić information content (AvgIpc) is 2.27.